The molecule has 156 valence electrons. The van der Waals surface area contributed by atoms with Crippen molar-refractivity contribution in [1.82, 2.24) is 5.32 Å². The number of fused-ring (bicyclic) bond motifs is 1. The molecule has 1 aliphatic carbocycles. The highest BCUT2D eigenvalue weighted by atomic mass is 35.5. The van der Waals surface area contributed by atoms with Crippen LogP contribution in [0.1, 0.15) is 47.1 Å². The van der Waals surface area contributed by atoms with E-state index in [0.717, 1.165) is 35.8 Å². The van der Waals surface area contributed by atoms with Gasteiger partial charge in [0.25, 0.3) is 0 Å². The van der Waals surface area contributed by atoms with Crippen LogP contribution in [0.15, 0.2) is 30.3 Å². The minimum Gasteiger partial charge on any atom is -0.481 e. The molecule has 6 nitrogen and oxygen atoms in total. The number of anilines is 1. The van der Waals surface area contributed by atoms with Gasteiger partial charge in [0, 0.05) is 12.0 Å². The van der Waals surface area contributed by atoms with E-state index < -0.39 is 16.0 Å². The summed E-state index contributed by atoms with van der Waals surface area (Å²) in [5.41, 5.74) is 3.60. The van der Waals surface area contributed by atoms with Gasteiger partial charge in [-0.2, -0.15) is 0 Å². The van der Waals surface area contributed by atoms with Crippen molar-refractivity contribution in [3.05, 3.63) is 62.6 Å². The summed E-state index contributed by atoms with van der Waals surface area (Å²) in [7, 11) is -1.71. The van der Waals surface area contributed by atoms with Crippen molar-refractivity contribution in [3.63, 3.8) is 0 Å². The molecular weight excluding hydrogens is 435 g/mol. The Labute approximate surface area is 180 Å². The maximum absolute atomic E-state index is 11.8. The first kappa shape index (κ1) is 21.9. The Morgan fingerprint density at radius 2 is 1.86 bits per heavy atom. The second-order valence-corrected chi connectivity index (χ2v) is 9.79. The molecule has 0 radical (unpaired) electrons. The summed E-state index contributed by atoms with van der Waals surface area (Å²) in [5.74, 6) is -1.03. The van der Waals surface area contributed by atoms with Gasteiger partial charge in [-0.15, -0.1) is 0 Å². The van der Waals surface area contributed by atoms with E-state index in [-0.39, 0.29) is 18.4 Å². The van der Waals surface area contributed by atoms with Gasteiger partial charge in [-0.1, -0.05) is 35.3 Å². The Balaban J connectivity index is 2.18. The first-order valence-corrected chi connectivity index (χ1v) is 11.7. The Morgan fingerprint density at radius 3 is 2.45 bits per heavy atom. The van der Waals surface area contributed by atoms with Crippen molar-refractivity contribution < 1.29 is 18.3 Å². The molecule has 0 fully saturated rings. The lowest BCUT2D eigenvalue weighted by molar-refractivity contribution is -0.136. The zero-order valence-electron chi connectivity index (χ0n) is 16.0. The van der Waals surface area contributed by atoms with Crippen molar-refractivity contribution in [2.75, 3.05) is 18.0 Å². The van der Waals surface area contributed by atoms with Gasteiger partial charge in [-0.05, 0) is 60.3 Å². The summed E-state index contributed by atoms with van der Waals surface area (Å²) in [6.07, 6.45) is 2.43. The van der Waals surface area contributed by atoms with Gasteiger partial charge in [0.05, 0.1) is 28.4 Å². The number of hydrogen-bond donors (Lipinski definition) is 3. The summed E-state index contributed by atoms with van der Waals surface area (Å²) in [6, 6.07) is 9.08. The molecule has 2 atom stereocenters. The number of hydrogen-bond acceptors (Lipinski definition) is 4. The lowest BCUT2D eigenvalue weighted by Gasteiger charge is -2.33. The predicted molar refractivity (Wildman–Crippen MR) is 116 cm³/mol. The fourth-order valence-electron chi connectivity index (χ4n) is 3.91. The number of sulfonamides is 1. The van der Waals surface area contributed by atoms with Crippen LogP contribution in [0.3, 0.4) is 0 Å². The third-order valence-electron chi connectivity index (χ3n) is 5.14. The summed E-state index contributed by atoms with van der Waals surface area (Å²) >= 11 is 12.3. The maximum Gasteiger partial charge on any atom is 0.307 e. The van der Waals surface area contributed by atoms with E-state index >= 15 is 0 Å². The highest BCUT2D eigenvalue weighted by Gasteiger charge is 2.30. The molecule has 0 aliphatic heterocycles. The molecule has 0 amide bonds. The molecule has 29 heavy (non-hydrogen) atoms. The van der Waals surface area contributed by atoms with Gasteiger partial charge in [0.15, 0.2) is 0 Å². The average molecular weight is 457 g/mol. The monoisotopic (exact) mass is 456 g/mol. The van der Waals surface area contributed by atoms with E-state index in [1.165, 1.54) is 0 Å². The molecule has 0 aromatic heterocycles. The molecule has 9 heteroatoms. The van der Waals surface area contributed by atoms with Crippen LogP contribution in [0.4, 0.5) is 5.69 Å². The van der Waals surface area contributed by atoms with Crippen molar-refractivity contribution in [2.45, 2.75) is 31.2 Å². The summed E-state index contributed by atoms with van der Waals surface area (Å²) in [6.45, 7) is 0. The molecule has 3 N–H and O–H groups in total. The van der Waals surface area contributed by atoms with Gasteiger partial charge in [-0.3, -0.25) is 9.52 Å². The topological polar surface area (TPSA) is 95.5 Å². The molecule has 1 aliphatic rings. The number of halogens is 2. The second kappa shape index (κ2) is 8.52. The largest absolute Gasteiger partial charge is 0.481 e. The molecule has 0 bridgehead atoms. The molecule has 2 aromatic rings. The SMILES string of the molecule is CNC1CCC(c2ccc(Cl)c(Cl)c2)c2cc(CC(=O)O)c(NS(C)(=O)=O)cc21. The van der Waals surface area contributed by atoms with E-state index in [9.17, 15) is 18.3 Å². The number of nitrogens with one attached hydrogen (secondary N) is 2. The fourth-order valence-corrected chi connectivity index (χ4v) is 4.80. The van der Waals surface area contributed by atoms with E-state index in [1.807, 2.05) is 19.2 Å². The van der Waals surface area contributed by atoms with E-state index in [1.54, 1.807) is 18.2 Å². The van der Waals surface area contributed by atoms with E-state index in [2.05, 4.69) is 10.0 Å². The third-order valence-corrected chi connectivity index (χ3v) is 6.46. The fraction of sp³-hybridized carbons (Fsp3) is 0.350. The minimum absolute atomic E-state index is 0.00388. The number of carbonyl (C=O) groups is 1. The lowest BCUT2D eigenvalue weighted by Crippen LogP contribution is -2.25. The maximum atomic E-state index is 11.8. The van der Waals surface area contributed by atoms with Crippen LogP contribution < -0.4 is 10.0 Å². The normalized spacial score (nSPS) is 18.9. The third kappa shape index (κ3) is 5.04. The van der Waals surface area contributed by atoms with Crippen molar-refractivity contribution in [2.24, 2.45) is 0 Å². The van der Waals surface area contributed by atoms with Crippen LogP contribution >= 0.6 is 23.2 Å². The second-order valence-electron chi connectivity index (χ2n) is 7.23. The van der Waals surface area contributed by atoms with Crippen molar-refractivity contribution in [3.8, 4) is 0 Å². The molecule has 0 heterocycles. The van der Waals surface area contributed by atoms with Crippen LogP contribution in [-0.4, -0.2) is 32.8 Å². The Bertz CT molecular complexity index is 1060. The first-order chi connectivity index (χ1) is 13.6. The zero-order valence-corrected chi connectivity index (χ0v) is 18.3. The number of carboxylic acid groups (broad SMARTS) is 1. The van der Waals surface area contributed by atoms with E-state index in [4.69, 9.17) is 23.2 Å². The molecule has 0 saturated carbocycles. The van der Waals surface area contributed by atoms with Crippen LogP contribution in [0, 0.1) is 0 Å². The van der Waals surface area contributed by atoms with Gasteiger partial charge < -0.3 is 10.4 Å². The first-order valence-electron chi connectivity index (χ1n) is 9.07. The molecule has 0 saturated heterocycles. The highest BCUT2D eigenvalue weighted by Crippen LogP contribution is 2.44. The Kier molecular flexibility index (Phi) is 6.43. The van der Waals surface area contributed by atoms with Gasteiger partial charge in [0.2, 0.25) is 10.0 Å². The standard InChI is InChI=1S/C20H22Cl2N2O4S/c1-23-18-6-4-13(11-3-5-16(21)17(22)8-11)14-7-12(9-20(25)26)19(10-15(14)18)24-29(2,27)28/h3,5,7-8,10,13,18,23-24H,4,6,9H2,1-2H3,(H,25,26). The summed E-state index contributed by atoms with van der Waals surface area (Å²) in [5, 5.41) is 13.5. The predicted octanol–water partition coefficient (Wildman–Crippen LogP) is 4.18. The van der Waals surface area contributed by atoms with Crippen LogP contribution in [-0.2, 0) is 21.2 Å². The van der Waals surface area contributed by atoms with Crippen LogP contribution in [0.25, 0.3) is 0 Å². The smallest absolute Gasteiger partial charge is 0.307 e. The van der Waals surface area contributed by atoms with Crippen molar-refractivity contribution >= 4 is 44.9 Å². The number of rotatable bonds is 6. The van der Waals surface area contributed by atoms with E-state index in [0.29, 0.717) is 21.3 Å². The number of benzene rings is 2. The zero-order chi connectivity index (χ0) is 21.3. The summed E-state index contributed by atoms with van der Waals surface area (Å²) < 4.78 is 26.1. The van der Waals surface area contributed by atoms with Crippen LogP contribution in [0.2, 0.25) is 10.0 Å². The van der Waals surface area contributed by atoms with Crippen molar-refractivity contribution in [1.29, 1.82) is 0 Å². The van der Waals surface area contributed by atoms with Gasteiger partial charge >= 0.3 is 5.97 Å². The molecule has 2 unspecified atom stereocenters. The molecule has 3 rings (SSSR count). The number of carboxylic acids is 1. The summed E-state index contributed by atoms with van der Waals surface area (Å²) in [4.78, 5) is 11.4. The Hall–Kier alpha value is -1.80. The molecular formula is C20H22Cl2N2O4S. The quantitative estimate of drug-likeness (QED) is 0.605. The number of aliphatic carboxylic acids is 1. The highest BCUT2D eigenvalue weighted by molar-refractivity contribution is 7.92. The lowest BCUT2D eigenvalue weighted by atomic mass is 9.75. The van der Waals surface area contributed by atoms with Gasteiger partial charge in [0.1, 0.15) is 0 Å². The molecule has 2 aromatic carbocycles. The average Bonchev–Trinajstić information content (AvgIpc) is 2.62. The molecule has 0 spiro atoms. The van der Waals surface area contributed by atoms with Gasteiger partial charge in [-0.25, -0.2) is 8.42 Å². The van der Waals surface area contributed by atoms with Crippen LogP contribution in [0.5, 0.6) is 0 Å². The Morgan fingerprint density at radius 1 is 1.14 bits per heavy atom. The minimum atomic E-state index is -3.56.